The molecule has 8 heteroatoms. The molecule has 1 aromatic carbocycles. The van der Waals surface area contributed by atoms with Gasteiger partial charge in [0.15, 0.2) is 0 Å². The minimum Gasteiger partial charge on any atom is -0.492 e. The van der Waals surface area contributed by atoms with E-state index >= 15 is 0 Å². The molecular weight excluding hydrogens is 314 g/mol. The molecule has 0 aliphatic carbocycles. The van der Waals surface area contributed by atoms with Gasteiger partial charge >= 0.3 is 0 Å². The Bertz CT molecular complexity index is 733. The molecule has 0 aliphatic rings. The molecule has 0 amide bonds. The highest BCUT2D eigenvalue weighted by atomic mass is 35.5. The van der Waals surface area contributed by atoms with Gasteiger partial charge in [-0.15, -0.1) is 0 Å². The number of aromatic nitrogens is 2. The van der Waals surface area contributed by atoms with Crippen LogP contribution in [0.5, 0.6) is 5.75 Å². The van der Waals surface area contributed by atoms with E-state index in [-0.39, 0.29) is 10.2 Å². The molecule has 0 saturated carbocycles. The van der Waals surface area contributed by atoms with Crippen molar-refractivity contribution < 1.29 is 13.2 Å². The second kappa shape index (κ2) is 6.28. The van der Waals surface area contributed by atoms with E-state index in [0.717, 1.165) is 18.0 Å². The summed E-state index contributed by atoms with van der Waals surface area (Å²) in [5.41, 5.74) is 1.33. The highest BCUT2D eigenvalue weighted by Gasteiger charge is 2.17. The van der Waals surface area contributed by atoms with Crippen LogP contribution in [0.15, 0.2) is 35.5 Å². The Labute approximate surface area is 128 Å². The van der Waals surface area contributed by atoms with Crippen LogP contribution in [0.25, 0.3) is 0 Å². The van der Waals surface area contributed by atoms with Crippen LogP contribution in [-0.4, -0.2) is 25.0 Å². The van der Waals surface area contributed by atoms with Crippen molar-refractivity contribution in [2.45, 2.75) is 18.7 Å². The van der Waals surface area contributed by atoms with Crippen LogP contribution in [0.2, 0.25) is 5.28 Å². The number of nitrogens with zero attached hydrogens (tertiary/aromatic N) is 2. The highest BCUT2D eigenvalue weighted by Crippen LogP contribution is 2.28. The maximum atomic E-state index is 12.3. The summed E-state index contributed by atoms with van der Waals surface area (Å²) >= 11 is 5.55. The number of hydrogen-bond donors (Lipinski definition) is 1. The number of hydrogen-bond acceptors (Lipinski definition) is 5. The standard InChI is InChI=1S/C13H14ClN3O3S/c1-3-20-12-6-9(2)4-5-11(12)17-21(18,19)10-7-15-13(14)16-8-10/h4-8,17H,3H2,1-2H3. The Morgan fingerprint density at radius 2 is 1.95 bits per heavy atom. The number of aryl methyl sites for hydroxylation is 1. The zero-order chi connectivity index (χ0) is 15.5. The van der Waals surface area contributed by atoms with Gasteiger partial charge in [0, 0.05) is 0 Å². The first-order valence-electron chi connectivity index (χ1n) is 6.16. The van der Waals surface area contributed by atoms with Crippen molar-refractivity contribution in [2.75, 3.05) is 11.3 Å². The molecule has 0 radical (unpaired) electrons. The van der Waals surface area contributed by atoms with Crippen LogP contribution in [0.4, 0.5) is 5.69 Å². The Morgan fingerprint density at radius 3 is 2.57 bits per heavy atom. The van der Waals surface area contributed by atoms with E-state index in [0.29, 0.717) is 18.0 Å². The fourth-order valence-electron chi connectivity index (χ4n) is 1.63. The SMILES string of the molecule is CCOc1cc(C)ccc1NS(=O)(=O)c1cnc(Cl)nc1. The van der Waals surface area contributed by atoms with Gasteiger partial charge in [0.2, 0.25) is 5.28 Å². The van der Waals surface area contributed by atoms with Gasteiger partial charge in [-0.25, -0.2) is 18.4 Å². The molecule has 2 aromatic rings. The van der Waals surface area contributed by atoms with E-state index < -0.39 is 10.0 Å². The van der Waals surface area contributed by atoms with Crippen molar-refractivity contribution >= 4 is 27.3 Å². The second-order valence-corrected chi connectivity index (χ2v) is 6.25. The number of sulfonamides is 1. The number of benzene rings is 1. The molecule has 1 heterocycles. The Hall–Kier alpha value is -1.86. The number of ether oxygens (including phenoxy) is 1. The third-order valence-corrected chi connectivity index (χ3v) is 4.10. The predicted octanol–water partition coefficient (Wildman–Crippen LogP) is 2.64. The summed E-state index contributed by atoms with van der Waals surface area (Å²) in [7, 11) is -3.80. The normalized spacial score (nSPS) is 11.2. The topological polar surface area (TPSA) is 81.2 Å². The molecule has 0 bridgehead atoms. The maximum absolute atomic E-state index is 12.3. The number of rotatable bonds is 5. The fourth-order valence-corrected chi connectivity index (χ4v) is 2.69. The van der Waals surface area contributed by atoms with Gasteiger partial charge in [0.25, 0.3) is 10.0 Å². The van der Waals surface area contributed by atoms with Gasteiger partial charge in [-0.2, -0.15) is 0 Å². The van der Waals surface area contributed by atoms with Gasteiger partial charge < -0.3 is 4.74 Å². The maximum Gasteiger partial charge on any atom is 0.265 e. The van der Waals surface area contributed by atoms with Crippen LogP contribution < -0.4 is 9.46 Å². The van der Waals surface area contributed by atoms with E-state index in [1.54, 1.807) is 18.2 Å². The molecule has 112 valence electrons. The van der Waals surface area contributed by atoms with Gasteiger partial charge in [-0.1, -0.05) is 6.07 Å². The summed E-state index contributed by atoms with van der Waals surface area (Å²) in [5.74, 6) is 0.468. The van der Waals surface area contributed by atoms with Gasteiger partial charge in [0.1, 0.15) is 10.6 Å². The van der Waals surface area contributed by atoms with Crippen molar-refractivity contribution in [3.8, 4) is 5.75 Å². The monoisotopic (exact) mass is 327 g/mol. The van der Waals surface area contributed by atoms with Crippen LogP contribution in [-0.2, 0) is 10.0 Å². The smallest absolute Gasteiger partial charge is 0.265 e. The molecule has 0 spiro atoms. The number of anilines is 1. The van der Waals surface area contributed by atoms with E-state index in [1.165, 1.54) is 0 Å². The summed E-state index contributed by atoms with van der Waals surface area (Å²) in [6.07, 6.45) is 2.29. The van der Waals surface area contributed by atoms with Gasteiger partial charge in [-0.3, -0.25) is 4.72 Å². The molecular formula is C13H14ClN3O3S. The molecule has 1 N–H and O–H groups in total. The molecule has 0 unspecified atom stereocenters. The average Bonchev–Trinajstić information content (AvgIpc) is 2.42. The van der Waals surface area contributed by atoms with Gasteiger partial charge in [-0.05, 0) is 43.1 Å². The van der Waals surface area contributed by atoms with Crippen LogP contribution in [0, 0.1) is 6.92 Å². The first-order valence-corrected chi connectivity index (χ1v) is 8.02. The number of halogens is 1. The van der Waals surface area contributed by atoms with Gasteiger partial charge in [0.05, 0.1) is 24.7 Å². The third-order valence-electron chi connectivity index (χ3n) is 2.59. The summed E-state index contributed by atoms with van der Waals surface area (Å²) in [4.78, 5) is 7.25. The lowest BCUT2D eigenvalue weighted by Crippen LogP contribution is -2.14. The molecule has 6 nitrogen and oxygen atoms in total. The summed E-state index contributed by atoms with van der Waals surface area (Å²) in [6.45, 7) is 4.16. The molecule has 0 aliphatic heterocycles. The Morgan fingerprint density at radius 1 is 1.29 bits per heavy atom. The zero-order valence-electron chi connectivity index (χ0n) is 11.5. The van der Waals surface area contributed by atoms with E-state index in [2.05, 4.69) is 14.7 Å². The summed E-state index contributed by atoms with van der Waals surface area (Å²) < 4.78 is 32.4. The average molecular weight is 328 g/mol. The second-order valence-electron chi connectivity index (χ2n) is 4.23. The Kier molecular flexibility index (Phi) is 4.64. The number of nitrogens with one attached hydrogen (secondary N) is 1. The van der Waals surface area contributed by atoms with Crippen molar-refractivity contribution in [3.63, 3.8) is 0 Å². The summed E-state index contributed by atoms with van der Waals surface area (Å²) in [5, 5.41) is -0.0145. The highest BCUT2D eigenvalue weighted by molar-refractivity contribution is 7.92. The minimum absolute atomic E-state index is 0.0145. The molecule has 21 heavy (non-hydrogen) atoms. The van der Waals surface area contributed by atoms with E-state index in [4.69, 9.17) is 16.3 Å². The first-order chi connectivity index (χ1) is 9.92. The molecule has 0 saturated heterocycles. The van der Waals surface area contributed by atoms with E-state index in [9.17, 15) is 8.42 Å². The van der Waals surface area contributed by atoms with Crippen molar-refractivity contribution in [1.82, 2.24) is 9.97 Å². The quantitative estimate of drug-likeness (QED) is 0.854. The van der Waals surface area contributed by atoms with Crippen molar-refractivity contribution in [3.05, 3.63) is 41.4 Å². The molecule has 0 fully saturated rings. The lowest BCUT2D eigenvalue weighted by molar-refractivity contribution is 0.342. The Balaban J connectivity index is 2.34. The van der Waals surface area contributed by atoms with Crippen LogP contribution in [0.1, 0.15) is 12.5 Å². The minimum atomic E-state index is -3.80. The third kappa shape index (κ3) is 3.83. The molecule has 0 atom stereocenters. The van der Waals surface area contributed by atoms with Crippen molar-refractivity contribution in [2.24, 2.45) is 0 Å². The zero-order valence-corrected chi connectivity index (χ0v) is 13.1. The van der Waals surface area contributed by atoms with E-state index in [1.807, 2.05) is 13.8 Å². The summed E-state index contributed by atoms with van der Waals surface area (Å²) in [6, 6.07) is 5.20. The van der Waals surface area contributed by atoms with Crippen LogP contribution >= 0.6 is 11.6 Å². The molecule has 2 rings (SSSR count). The van der Waals surface area contributed by atoms with Crippen LogP contribution in [0.3, 0.4) is 0 Å². The van der Waals surface area contributed by atoms with Crippen molar-refractivity contribution in [1.29, 1.82) is 0 Å². The molecule has 1 aromatic heterocycles. The lowest BCUT2D eigenvalue weighted by atomic mass is 10.2. The fraction of sp³-hybridized carbons (Fsp3) is 0.231. The predicted molar refractivity (Wildman–Crippen MR) is 80.2 cm³/mol. The largest absolute Gasteiger partial charge is 0.492 e. The lowest BCUT2D eigenvalue weighted by Gasteiger charge is -2.13. The first kappa shape index (κ1) is 15.5.